The van der Waals surface area contributed by atoms with Gasteiger partial charge in [-0.25, -0.2) is 0 Å². The van der Waals surface area contributed by atoms with E-state index in [-0.39, 0.29) is 11.7 Å². The second kappa shape index (κ2) is 4.46. The van der Waals surface area contributed by atoms with Crippen molar-refractivity contribution in [3.63, 3.8) is 0 Å². The van der Waals surface area contributed by atoms with Crippen molar-refractivity contribution in [2.45, 2.75) is 5.92 Å². The molecule has 0 amide bonds. The number of para-hydroxylation sites is 1. The Balaban J connectivity index is 1.97. The lowest BCUT2D eigenvalue weighted by Gasteiger charge is -2.24. The number of hydrogen-bond acceptors (Lipinski definition) is 2. The zero-order chi connectivity index (χ0) is 12.5. The van der Waals surface area contributed by atoms with Crippen LogP contribution >= 0.6 is 11.6 Å². The molecule has 3 rings (SSSR count). The molecule has 2 nitrogen and oxygen atoms in total. The molecule has 18 heavy (non-hydrogen) atoms. The molecular weight excluding hydrogens is 248 g/mol. The third-order valence-electron chi connectivity index (χ3n) is 3.15. The van der Waals surface area contributed by atoms with Crippen molar-refractivity contribution >= 4 is 17.4 Å². The SMILES string of the molecule is O=C1c2ccccc2OC[C@H]1c1ccc(Cl)cc1. The van der Waals surface area contributed by atoms with E-state index in [4.69, 9.17) is 16.3 Å². The molecule has 1 aliphatic heterocycles. The Morgan fingerprint density at radius 2 is 1.78 bits per heavy atom. The maximum Gasteiger partial charge on any atom is 0.177 e. The number of carbonyl (C=O) groups excluding carboxylic acids is 1. The number of ketones is 1. The first kappa shape index (κ1) is 11.3. The highest BCUT2D eigenvalue weighted by molar-refractivity contribution is 6.30. The zero-order valence-electron chi connectivity index (χ0n) is 9.60. The highest BCUT2D eigenvalue weighted by Gasteiger charge is 2.29. The summed E-state index contributed by atoms with van der Waals surface area (Å²) in [6.45, 7) is 0.386. The summed E-state index contributed by atoms with van der Waals surface area (Å²) >= 11 is 5.85. The van der Waals surface area contributed by atoms with E-state index in [1.54, 1.807) is 18.2 Å². The van der Waals surface area contributed by atoms with E-state index in [1.165, 1.54) is 0 Å². The lowest BCUT2D eigenvalue weighted by Crippen LogP contribution is -2.25. The second-order valence-electron chi connectivity index (χ2n) is 4.28. The summed E-state index contributed by atoms with van der Waals surface area (Å²) in [6, 6.07) is 14.7. The van der Waals surface area contributed by atoms with Gasteiger partial charge in [-0.15, -0.1) is 0 Å². The molecular formula is C15H11ClO2. The van der Waals surface area contributed by atoms with E-state index in [9.17, 15) is 4.79 Å². The van der Waals surface area contributed by atoms with Gasteiger partial charge in [0.2, 0.25) is 0 Å². The van der Waals surface area contributed by atoms with Crippen LogP contribution in [-0.4, -0.2) is 12.4 Å². The maximum atomic E-state index is 12.4. The normalized spacial score (nSPS) is 18.1. The molecule has 0 aliphatic carbocycles. The van der Waals surface area contributed by atoms with Crippen LogP contribution in [0.3, 0.4) is 0 Å². The highest BCUT2D eigenvalue weighted by atomic mass is 35.5. The predicted molar refractivity (Wildman–Crippen MR) is 70.5 cm³/mol. The van der Waals surface area contributed by atoms with Gasteiger partial charge >= 0.3 is 0 Å². The van der Waals surface area contributed by atoms with Crippen LogP contribution in [0.25, 0.3) is 0 Å². The quantitative estimate of drug-likeness (QED) is 0.780. The standard InChI is InChI=1S/C15H11ClO2/c16-11-7-5-10(6-8-11)13-9-18-14-4-2-1-3-12(14)15(13)17/h1-8,13H,9H2/t13-/m0/s1. The number of carbonyl (C=O) groups is 1. The lowest BCUT2D eigenvalue weighted by molar-refractivity contribution is 0.0896. The van der Waals surface area contributed by atoms with E-state index >= 15 is 0 Å². The number of halogens is 1. The van der Waals surface area contributed by atoms with Crippen molar-refractivity contribution in [1.82, 2.24) is 0 Å². The van der Waals surface area contributed by atoms with E-state index in [2.05, 4.69) is 0 Å². The molecule has 2 aromatic carbocycles. The molecule has 1 heterocycles. The molecule has 0 saturated heterocycles. The smallest absolute Gasteiger partial charge is 0.177 e. The number of fused-ring (bicyclic) bond motifs is 1. The van der Waals surface area contributed by atoms with Crippen molar-refractivity contribution in [3.05, 3.63) is 64.7 Å². The molecule has 1 atom stereocenters. The first-order valence-corrected chi connectivity index (χ1v) is 6.15. The lowest BCUT2D eigenvalue weighted by atomic mass is 9.89. The van der Waals surface area contributed by atoms with E-state index in [0.29, 0.717) is 22.9 Å². The Labute approximate surface area is 110 Å². The number of Topliss-reactive ketones (excluding diaryl/α,β-unsaturated/α-hetero) is 1. The van der Waals surface area contributed by atoms with Gasteiger partial charge in [-0.1, -0.05) is 35.9 Å². The van der Waals surface area contributed by atoms with Gasteiger partial charge in [-0.05, 0) is 29.8 Å². The van der Waals surface area contributed by atoms with Gasteiger partial charge in [0.15, 0.2) is 5.78 Å². The molecule has 3 heteroatoms. The summed E-state index contributed by atoms with van der Waals surface area (Å²) < 4.78 is 5.64. The largest absolute Gasteiger partial charge is 0.492 e. The fourth-order valence-electron chi connectivity index (χ4n) is 2.18. The summed E-state index contributed by atoms with van der Waals surface area (Å²) in [5.41, 5.74) is 1.60. The van der Waals surface area contributed by atoms with Gasteiger partial charge in [0, 0.05) is 5.02 Å². The van der Waals surface area contributed by atoms with Crippen molar-refractivity contribution < 1.29 is 9.53 Å². The minimum absolute atomic E-state index is 0.110. The van der Waals surface area contributed by atoms with E-state index in [0.717, 1.165) is 5.56 Å². The Bertz CT molecular complexity index is 590. The number of hydrogen-bond donors (Lipinski definition) is 0. The van der Waals surface area contributed by atoms with Crippen LogP contribution in [0.2, 0.25) is 5.02 Å². The van der Waals surface area contributed by atoms with Crippen LogP contribution in [0.1, 0.15) is 21.8 Å². The summed E-state index contributed by atoms with van der Waals surface area (Å²) in [6.07, 6.45) is 0. The van der Waals surface area contributed by atoms with Gasteiger partial charge in [0.05, 0.1) is 11.5 Å². The minimum atomic E-state index is -0.239. The van der Waals surface area contributed by atoms with Crippen molar-refractivity contribution in [2.24, 2.45) is 0 Å². The Hall–Kier alpha value is -1.80. The fourth-order valence-corrected chi connectivity index (χ4v) is 2.30. The Morgan fingerprint density at radius 1 is 1.06 bits per heavy atom. The molecule has 2 aromatic rings. The Kier molecular flexibility index (Phi) is 2.80. The molecule has 0 spiro atoms. The third kappa shape index (κ3) is 1.89. The summed E-state index contributed by atoms with van der Waals surface area (Å²) in [7, 11) is 0. The van der Waals surface area contributed by atoms with Crippen LogP contribution in [0, 0.1) is 0 Å². The first-order valence-electron chi connectivity index (χ1n) is 5.77. The number of ether oxygens (including phenoxy) is 1. The molecule has 0 N–H and O–H groups in total. The number of rotatable bonds is 1. The molecule has 0 fully saturated rings. The van der Waals surface area contributed by atoms with Crippen molar-refractivity contribution in [1.29, 1.82) is 0 Å². The molecule has 0 saturated carbocycles. The van der Waals surface area contributed by atoms with Crippen LogP contribution in [-0.2, 0) is 0 Å². The van der Waals surface area contributed by atoms with Crippen LogP contribution in [0.15, 0.2) is 48.5 Å². The van der Waals surface area contributed by atoms with Crippen LogP contribution in [0.4, 0.5) is 0 Å². The average molecular weight is 259 g/mol. The third-order valence-corrected chi connectivity index (χ3v) is 3.40. The van der Waals surface area contributed by atoms with Gasteiger partial charge in [0.1, 0.15) is 12.4 Å². The van der Waals surface area contributed by atoms with Crippen LogP contribution < -0.4 is 4.74 Å². The van der Waals surface area contributed by atoms with Crippen LogP contribution in [0.5, 0.6) is 5.75 Å². The molecule has 0 radical (unpaired) electrons. The summed E-state index contributed by atoms with van der Waals surface area (Å²) in [5, 5.41) is 0.670. The number of benzene rings is 2. The van der Waals surface area contributed by atoms with E-state index < -0.39 is 0 Å². The summed E-state index contributed by atoms with van der Waals surface area (Å²) in [5.74, 6) is 0.545. The predicted octanol–water partition coefficient (Wildman–Crippen LogP) is 3.70. The molecule has 90 valence electrons. The minimum Gasteiger partial charge on any atom is -0.492 e. The van der Waals surface area contributed by atoms with Gasteiger partial charge in [0.25, 0.3) is 0 Å². The first-order chi connectivity index (χ1) is 8.75. The summed E-state index contributed by atoms with van der Waals surface area (Å²) in [4.78, 5) is 12.4. The van der Waals surface area contributed by atoms with E-state index in [1.807, 2.05) is 30.3 Å². The molecule has 1 aliphatic rings. The van der Waals surface area contributed by atoms with Crippen molar-refractivity contribution in [2.75, 3.05) is 6.61 Å². The maximum absolute atomic E-state index is 12.4. The molecule has 0 unspecified atom stereocenters. The van der Waals surface area contributed by atoms with Gasteiger partial charge < -0.3 is 4.74 Å². The molecule has 0 aromatic heterocycles. The monoisotopic (exact) mass is 258 g/mol. The topological polar surface area (TPSA) is 26.3 Å². The Morgan fingerprint density at radius 3 is 2.56 bits per heavy atom. The second-order valence-corrected chi connectivity index (χ2v) is 4.71. The highest BCUT2D eigenvalue weighted by Crippen LogP contribution is 2.32. The van der Waals surface area contributed by atoms with Gasteiger partial charge in [-0.3, -0.25) is 4.79 Å². The van der Waals surface area contributed by atoms with Crippen molar-refractivity contribution in [3.8, 4) is 5.75 Å². The fraction of sp³-hybridized carbons (Fsp3) is 0.133. The molecule has 0 bridgehead atoms. The van der Waals surface area contributed by atoms with Gasteiger partial charge in [-0.2, -0.15) is 0 Å². The zero-order valence-corrected chi connectivity index (χ0v) is 10.4. The average Bonchev–Trinajstić information content (AvgIpc) is 2.41.